The Morgan fingerprint density at radius 3 is 2.50 bits per heavy atom. The van der Waals surface area contributed by atoms with E-state index >= 15 is 0 Å². The molecule has 4 heteroatoms. The van der Waals surface area contributed by atoms with Crippen LogP contribution in [0.3, 0.4) is 0 Å². The Kier molecular flexibility index (Phi) is 3.18. The van der Waals surface area contributed by atoms with Gasteiger partial charge in [-0.3, -0.25) is 0 Å². The summed E-state index contributed by atoms with van der Waals surface area (Å²) in [6.07, 6.45) is -3.64. The number of hydrogen-bond acceptors (Lipinski definition) is 1. The molecule has 0 aromatic heterocycles. The zero-order valence-electron chi connectivity index (χ0n) is 10.5. The van der Waals surface area contributed by atoms with Gasteiger partial charge in [-0.2, -0.15) is 13.2 Å². The van der Waals surface area contributed by atoms with Crippen molar-refractivity contribution < 1.29 is 18.3 Å². The maximum Gasteiger partial charge on any atom is 0.416 e. The van der Waals surface area contributed by atoms with E-state index < -0.39 is 17.8 Å². The number of aliphatic hydroxyl groups excluding tert-OH is 1. The molecular formula is C14H17F3O. The van der Waals surface area contributed by atoms with E-state index in [0.717, 1.165) is 18.6 Å². The fourth-order valence-electron chi connectivity index (χ4n) is 2.42. The lowest BCUT2D eigenvalue weighted by Gasteiger charge is -2.14. The fraction of sp³-hybridized carbons (Fsp3) is 0.571. The van der Waals surface area contributed by atoms with E-state index in [-0.39, 0.29) is 17.8 Å². The number of halogens is 3. The Hall–Kier alpha value is -1.03. The van der Waals surface area contributed by atoms with Crippen LogP contribution in [-0.2, 0) is 12.6 Å². The first-order valence-corrected chi connectivity index (χ1v) is 6.04. The molecular weight excluding hydrogens is 241 g/mol. The summed E-state index contributed by atoms with van der Waals surface area (Å²) in [4.78, 5) is 0. The molecule has 0 amide bonds. The van der Waals surface area contributed by atoms with Gasteiger partial charge in [-0.25, -0.2) is 0 Å². The molecule has 1 nitrogen and oxygen atoms in total. The maximum atomic E-state index is 12.5. The van der Waals surface area contributed by atoms with Gasteiger partial charge in [-0.15, -0.1) is 0 Å². The van der Waals surface area contributed by atoms with Crippen molar-refractivity contribution in [1.82, 2.24) is 0 Å². The summed E-state index contributed by atoms with van der Waals surface area (Å²) in [5.41, 5.74) is 0.0170. The smallest absolute Gasteiger partial charge is 0.392 e. The Morgan fingerprint density at radius 1 is 1.39 bits per heavy atom. The van der Waals surface area contributed by atoms with Crippen LogP contribution >= 0.6 is 0 Å². The lowest BCUT2D eigenvalue weighted by molar-refractivity contribution is -0.137. The Bertz CT molecular complexity index is 437. The first-order valence-electron chi connectivity index (χ1n) is 6.04. The van der Waals surface area contributed by atoms with Crippen LogP contribution in [0.5, 0.6) is 0 Å². The molecule has 2 rings (SSSR count). The Balaban J connectivity index is 2.06. The van der Waals surface area contributed by atoms with E-state index in [1.165, 1.54) is 6.07 Å². The molecule has 2 unspecified atom stereocenters. The van der Waals surface area contributed by atoms with Crippen molar-refractivity contribution in [1.29, 1.82) is 0 Å². The van der Waals surface area contributed by atoms with Crippen LogP contribution in [-0.4, -0.2) is 11.2 Å². The second-order valence-electron chi connectivity index (χ2n) is 5.77. The van der Waals surface area contributed by atoms with Gasteiger partial charge in [0.25, 0.3) is 0 Å². The van der Waals surface area contributed by atoms with Gasteiger partial charge in [-0.05, 0) is 35.8 Å². The van der Waals surface area contributed by atoms with Crippen LogP contribution in [0, 0.1) is 11.3 Å². The summed E-state index contributed by atoms with van der Waals surface area (Å²) in [7, 11) is 0. The molecule has 1 N–H and O–H groups in total. The number of rotatable bonds is 3. The molecule has 1 fully saturated rings. The van der Waals surface area contributed by atoms with Gasteiger partial charge in [-0.1, -0.05) is 32.0 Å². The van der Waals surface area contributed by atoms with Crippen LogP contribution in [0.4, 0.5) is 13.2 Å². The van der Waals surface area contributed by atoms with Crippen molar-refractivity contribution in [3.05, 3.63) is 35.4 Å². The topological polar surface area (TPSA) is 20.2 Å². The fourth-order valence-corrected chi connectivity index (χ4v) is 2.42. The van der Waals surface area contributed by atoms with Crippen molar-refractivity contribution >= 4 is 0 Å². The molecule has 18 heavy (non-hydrogen) atoms. The summed E-state index contributed by atoms with van der Waals surface area (Å²) in [5, 5.41) is 9.99. The number of alkyl halides is 3. The van der Waals surface area contributed by atoms with Crippen LogP contribution < -0.4 is 0 Å². The third kappa shape index (κ3) is 2.86. The van der Waals surface area contributed by atoms with Crippen molar-refractivity contribution in [2.24, 2.45) is 11.3 Å². The molecule has 0 bridgehead atoms. The highest BCUT2D eigenvalue weighted by atomic mass is 19.4. The van der Waals surface area contributed by atoms with Crippen LogP contribution in [0.1, 0.15) is 31.4 Å². The average molecular weight is 258 g/mol. The molecule has 1 aliphatic carbocycles. The molecule has 1 aromatic carbocycles. The molecule has 2 atom stereocenters. The largest absolute Gasteiger partial charge is 0.416 e. The van der Waals surface area contributed by atoms with Crippen molar-refractivity contribution in [3.63, 3.8) is 0 Å². The zero-order valence-corrected chi connectivity index (χ0v) is 10.5. The van der Waals surface area contributed by atoms with E-state index in [4.69, 9.17) is 0 Å². The predicted octanol–water partition coefficient (Wildman–Crippen LogP) is 3.65. The molecule has 0 spiro atoms. The summed E-state index contributed by atoms with van der Waals surface area (Å²) in [5.74, 6) is 0.201. The minimum absolute atomic E-state index is 0.126. The molecule has 1 aliphatic rings. The van der Waals surface area contributed by atoms with Crippen LogP contribution in [0.25, 0.3) is 0 Å². The van der Waals surface area contributed by atoms with E-state index in [2.05, 4.69) is 13.8 Å². The molecule has 1 saturated carbocycles. The van der Waals surface area contributed by atoms with Gasteiger partial charge in [0, 0.05) is 0 Å². The highest BCUT2D eigenvalue weighted by Gasteiger charge is 2.49. The van der Waals surface area contributed by atoms with Gasteiger partial charge < -0.3 is 5.11 Å². The van der Waals surface area contributed by atoms with Crippen molar-refractivity contribution in [3.8, 4) is 0 Å². The minimum atomic E-state index is -4.32. The third-order valence-corrected chi connectivity index (χ3v) is 3.75. The number of aliphatic hydroxyl groups is 1. The first-order chi connectivity index (χ1) is 8.20. The first kappa shape index (κ1) is 13.4. The quantitative estimate of drug-likeness (QED) is 0.877. The van der Waals surface area contributed by atoms with Gasteiger partial charge >= 0.3 is 6.18 Å². The SMILES string of the molecule is CC1(C)CC1C(O)Cc1cccc(C(F)(F)F)c1. The minimum Gasteiger partial charge on any atom is -0.392 e. The zero-order chi connectivity index (χ0) is 13.6. The van der Waals surface area contributed by atoms with E-state index in [0.29, 0.717) is 5.56 Å². The molecule has 0 aliphatic heterocycles. The lowest BCUT2D eigenvalue weighted by atomic mass is 9.98. The Morgan fingerprint density at radius 2 is 2.00 bits per heavy atom. The van der Waals surface area contributed by atoms with E-state index in [9.17, 15) is 18.3 Å². The van der Waals surface area contributed by atoms with Crippen molar-refractivity contribution in [2.45, 2.75) is 39.0 Å². The Labute approximate surface area is 105 Å². The molecule has 100 valence electrons. The molecule has 0 heterocycles. The summed E-state index contributed by atoms with van der Waals surface area (Å²) < 4.78 is 37.6. The van der Waals surface area contributed by atoms with Gasteiger partial charge in [0.05, 0.1) is 11.7 Å². The van der Waals surface area contributed by atoms with Gasteiger partial charge in [0.2, 0.25) is 0 Å². The number of benzene rings is 1. The highest BCUT2D eigenvalue weighted by molar-refractivity contribution is 5.26. The maximum absolute atomic E-state index is 12.5. The molecule has 1 aromatic rings. The predicted molar refractivity (Wildman–Crippen MR) is 63.0 cm³/mol. The summed E-state index contributed by atoms with van der Waals surface area (Å²) in [6.45, 7) is 4.13. The number of hydrogen-bond donors (Lipinski definition) is 1. The third-order valence-electron chi connectivity index (χ3n) is 3.75. The monoisotopic (exact) mass is 258 g/mol. The average Bonchev–Trinajstić information content (AvgIpc) is 2.87. The lowest BCUT2D eigenvalue weighted by Crippen LogP contribution is -2.16. The normalized spacial score (nSPS) is 23.8. The summed E-state index contributed by atoms with van der Waals surface area (Å²) >= 11 is 0. The van der Waals surface area contributed by atoms with Gasteiger partial charge in [0.15, 0.2) is 0 Å². The van der Waals surface area contributed by atoms with Crippen LogP contribution in [0.2, 0.25) is 0 Å². The second-order valence-corrected chi connectivity index (χ2v) is 5.77. The van der Waals surface area contributed by atoms with E-state index in [1.807, 2.05) is 0 Å². The summed E-state index contributed by atoms with van der Waals surface area (Å²) in [6, 6.07) is 5.20. The van der Waals surface area contributed by atoms with E-state index in [1.54, 1.807) is 6.07 Å². The standard InChI is InChI=1S/C14H17F3O/c1-13(2)8-11(13)12(18)7-9-4-3-5-10(6-9)14(15,16)17/h3-6,11-12,18H,7-8H2,1-2H3. The molecule has 0 saturated heterocycles. The highest BCUT2D eigenvalue weighted by Crippen LogP contribution is 2.54. The molecule has 0 radical (unpaired) electrons. The second kappa shape index (κ2) is 4.26. The van der Waals surface area contributed by atoms with Crippen LogP contribution in [0.15, 0.2) is 24.3 Å². The van der Waals surface area contributed by atoms with Gasteiger partial charge in [0.1, 0.15) is 0 Å². The van der Waals surface area contributed by atoms with Crippen molar-refractivity contribution in [2.75, 3.05) is 0 Å².